The van der Waals surface area contributed by atoms with Gasteiger partial charge in [-0.1, -0.05) is 5.11 Å². The standard InChI is InChI=1S/C23H30N7O10P/c1-12(2)38-20(32)13(3)27-41(34,40-14-5-6-15-16(9-14)36-11-35-15)37-10-17-19(31)23(4,28-29-25)21(39-17)30-8-7-18(24)26-22(30)33/h5-9,12-13,17,19,21,31H,10-11H2,1-4H3,(H,27,34)(H2,24,26,33)/t13-,17+,19+,21?,23+,41?/m0/s1. The number of fused-ring (bicyclic) bond motifs is 1. The summed E-state index contributed by atoms with van der Waals surface area (Å²) in [6.45, 7) is 5.49. The molecule has 4 rings (SSSR count). The van der Waals surface area contributed by atoms with Crippen LogP contribution in [0.2, 0.25) is 0 Å². The molecular weight excluding hydrogens is 565 g/mol. The average Bonchev–Trinajstić information content (AvgIpc) is 3.45. The molecule has 18 heteroatoms. The molecule has 17 nitrogen and oxygen atoms in total. The number of esters is 1. The Morgan fingerprint density at radius 3 is 2.78 bits per heavy atom. The van der Waals surface area contributed by atoms with Gasteiger partial charge in [0.05, 0.1) is 18.8 Å². The van der Waals surface area contributed by atoms with E-state index in [0.717, 1.165) is 4.57 Å². The predicted molar refractivity (Wildman–Crippen MR) is 141 cm³/mol. The number of nitrogens with two attached hydrogens (primary N) is 1. The first kappa shape index (κ1) is 30.1. The van der Waals surface area contributed by atoms with Gasteiger partial charge in [-0.3, -0.25) is 13.9 Å². The van der Waals surface area contributed by atoms with E-state index in [4.69, 9.17) is 33.7 Å². The number of nitrogen functional groups attached to an aromatic ring is 1. The van der Waals surface area contributed by atoms with Crippen LogP contribution in [-0.2, 0) is 23.4 Å². The maximum atomic E-state index is 13.9. The minimum atomic E-state index is -4.40. The van der Waals surface area contributed by atoms with Crippen molar-refractivity contribution in [2.45, 2.75) is 63.8 Å². The topological polar surface area (TPSA) is 231 Å². The molecule has 0 bridgehead atoms. The van der Waals surface area contributed by atoms with E-state index in [9.17, 15) is 24.8 Å². The maximum absolute atomic E-state index is 13.9. The second kappa shape index (κ2) is 11.9. The second-order valence-electron chi connectivity index (χ2n) is 9.67. The van der Waals surface area contributed by atoms with Gasteiger partial charge in [0.1, 0.15) is 29.3 Å². The number of aliphatic hydroxyl groups excluding tert-OH is 1. The molecule has 0 saturated carbocycles. The number of rotatable bonds is 11. The van der Waals surface area contributed by atoms with Crippen molar-refractivity contribution < 1.29 is 42.5 Å². The van der Waals surface area contributed by atoms with Gasteiger partial charge in [0.2, 0.25) is 6.79 Å². The van der Waals surface area contributed by atoms with Gasteiger partial charge in [-0.15, -0.1) is 0 Å². The summed E-state index contributed by atoms with van der Waals surface area (Å²) in [4.78, 5) is 31.4. The Morgan fingerprint density at radius 2 is 2.10 bits per heavy atom. The van der Waals surface area contributed by atoms with E-state index >= 15 is 0 Å². The molecule has 0 spiro atoms. The summed E-state index contributed by atoms with van der Waals surface area (Å²) in [7, 11) is -4.40. The molecule has 4 N–H and O–H groups in total. The summed E-state index contributed by atoms with van der Waals surface area (Å²) >= 11 is 0. The molecule has 2 aliphatic heterocycles. The number of hydrogen-bond acceptors (Lipinski definition) is 13. The van der Waals surface area contributed by atoms with Crippen LogP contribution in [0.3, 0.4) is 0 Å². The summed E-state index contributed by atoms with van der Waals surface area (Å²) in [5.41, 5.74) is 12.2. The maximum Gasteiger partial charge on any atom is 0.459 e. The van der Waals surface area contributed by atoms with Gasteiger partial charge in [-0.2, -0.15) is 10.1 Å². The normalized spacial score (nSPS) is 25.3. The number of ether oxygens (including phenoxy) is 4. The third-order valence-electron chi connectivity index (χ3n) is 6.15. The molecule has 0 aliphatic carbocycles. The van der Waals surface area contributed by atoms with Crippen molar-refractivity contribution in [3.05, 3.63) is 51.4 Å². The highest BCUT2D eigenvalue weighted by Crippen LogP contribution is 2.49. The number of nitrogens with one attached hydrogen (secondary N) is 1. The summed E-state index contributed by atoms with van der Waals surface area (Å²) in [6.07, 6.45) is -3.33. The monoisotopic (exact) mass is 595 g/mol. The number of aliphatic hydroxyl groups is 1. The number of azide groups is 1. The van der Waals surface area contributed by atoms with Gasteiger partial charge in [0, 0.05) is 17.2 Å². The number of carbonyl (C=O) groups excluding carboxylic acids is 1. The molecule has 1 fully saturated rings. The molecule has 2 unspecified atom stereocenters. The Balaban J connectivity index is 1.59. The van der Waals surface area contributed by atoms with Crippen LogP contribution in [0.15, 0.2) is 40.4 Å². The summed E-state index contributed by atoms with van der Waals surface area (Å²) in [5, 5.41) is 17.3. The van der Waals surface area contributed by atoms with Gasteiger partial charge in [-0.25, -0.2) is 9.36 Å². The van der Waals surface area contributed by atoms with Crippen molar-refractivity contribution in [1.29, 1.82) is 0 Å². The zero-order valence-electron chi connectivity index (χ0n) is 22.6. The van der Waals surface area contributed by atoms with Gasteiger partial charge in [-0.05, 0) is 51.4 Å². The number of aromatic nitrogens is 2. The average molecular weight is 596 g/mol. The molecule has 1 aromatic carbocycles. The predicted octanol–water partition coefficient (Wildman–Crippen LogP) is 2.01. The highest BCUT2D eigenvalue weighted by atomic mass is 31.2. The van der Waals surface area contributed by atoms with E-state index in [0.29, 0.717) is 11.5 Å². The van der Waals surface area contributed by atoms with E-state index in [1.807, 2.05) is 0 Å². The lowest BCUT2D eigenvalue weighted by Gasteiger charge is -2.28. The Bertz CT molecular complexity index is 1450. The smallest absolute Gasteiger partial charge is 0.459 e. The summed E-state index contributed by atoms with van der Waals surface area (Å²) < 4.78 is 47.9. The van der Waals surface area contributed by atoms with Crippen molar-refractivity contribution >= 4 is 19.5 Å². The molecule has 41 heavy (non-hydrogen) atoms. The van der Waals surface area contributed by atoms with Crippen LogP contribution in [0.1, 0.15) is 33.9 Å². The van der Waals surface area contributed by atoms with E-state index in [2.05, 4.69) is 20.1 Å². The van der Waals surface area contributed by atoms with E-state index in [1.54, 1.807) is 13.8 Å². The summed E-state index contributed by atoms with van der Waals surface area (Å²) in [5.74, 6) is 0.0766. The van der Waals surface area contributed by atoms with Crippen LogP contribution in [0.25, 0.3) is 10.4 Å². The molecule has 222 valence electrons. The van der Waals surface area contributed by atoms with Crippen LogP contribution in [0.5, 0.6) is 17.2 Å². The number of hydrogen-bond donors (Lipinski definition) is 3. The number of nitrogens with zero attached hydrogens (tertiary/aromatic N) is 5. The minimum absolute atomic E-state index is 0.00208. The Kier molecular flexibility index (Phi) is 8.77. The first-order chi connectivity index (χ1) is 19.3. The second-order valence-corrected chi connectivity index (χ2v) is 11.4. The van der Waals surface area contributed by atoms with Crippen molar-refractivity contribution in [2.24, 2.45) is 5.11 Å². The highest BCUT2D eigenvalue weighted by Gasteiger charge is 2.55. The Labute approximate surface area is 233 Å². The molecule has 2 aromatic rings. The van der Waals surface area contributed by atoms with Gasteiger partial charge < -0.3 is 34.3 Å². The third-order valence-corrected chi connectivity index (χ3v) is 7.80. The lowest BCUT2D eigenvalue weighted by Crippen LogP contribution is -2.45. The van der Waals surface area contributed by atoms with E-state index in [-0.39, 0.29) is 18.4 Å². The number of carbonyl (C=O) groups is 1. The van der Waals surface area contributed by atoms with Crippen LogP contribution in [-0.4, -0.2) is 63.9 Å². The highest BCUT2D eigenvalue weighted by molar-refractivity contribution is 7.52. The van der Waals surface area contributed by atoms with Crippen LogP contribution in [0, 0.1) is 0 Å². The zero-order valence-corrected chi connectivity index (χ0v) is 23.5. The SMILES string of the molecule is CC(C)OC(=O)[C@H](C)NP(=O)(OC[C@H]1OC(n2ccc(N)nc2=O)[C@](C)(N=[N+]=[N-])[C@@H]1O)Oc1ccc2c(c1)OCO2. The van der Waals surface area contributed by atoms with Gasteiger partial charge in [0.25, 0.3) is 0 Å². The van der Waals surface area contributed by atoms with Crippen LogP contribution in [0.4, 0.5) is 5.82 Å². The first-order valence-corrected chi connectivity index (χ1v) is 14.0. The Morgan fingerprint density at radius 1 is 1.37 bits per heavy atom. The van der Waals surface area contributed by atoms with Gasteiger partial charge in [0.15, 0.2) is 17.7 Å². The molecule has 3 heterocycles. The molecule has 1 saturated heterocycles. The first-order valence-electron chi connectivity index (χ1n) is 12.4. The quantitative estimate of drug-likeness (QED) is 0.111. The minimum Gasteiger partial charge on any atom is -0.462 e. The number of benzene rings is 1. The molecule has 1 aromatic heterocycles. The van der Waals surface area contributed by atoms with Gasteiger partial charge >= 0.3 is 19.4 Å². The third kappa shape index (κ3) is 6.56. The molecule has 0 amide bonds. The van der Waals surface area contributed by atoms with Crippen molar-refractivity contribution in [3.8, 4) is 17.2 Å². The van der Waals surface area contributed by atoms with E-state index in [1.165, 1.54) is 44.3 Å². The fourth-order valence-electron chi connectivity index (χ4n) is 4.15. The van der Waals surface area contributed by atoms with Crippen molar-refractivity contribution in [1.82, 2.24) is 14.6 Å². The lowest BCUT2D eigenvalue weighted by atomic mass is 9.93. The lowest BCUT2D eigenvalue weighted by molar-refractivity contribution is -0.149. The molecule has 0 radical (unpaired) electrons. The fourth-order valence-corrected chi connectivity index (χ4v) is 5.64. The molecule has 2 aliphatic rings. The Hall–Kier alpha value is -3.85. The fraction of sp³-hybridized carbons (Fsp3) is 0.522. The van der Waals surface area contributed by atoms with Crippen molar-refractivity contribution in [2.75, 3.05) is 19.1 Å². The summed E-state index contributed by atoms with van der Waals surface area (Å²) in [6, 6.07) is 4.60. The molecular formula is C23H30N7O10P. The van der Waals surface area contributed by atoms with Crippen LogP contribution >= 0.6 is 7.75 Å². The van der Waals surface area contributed by atoms with Crippen LogP contribution < -0.4 is 30.5 Å². The van der Waals surface area contributed by atoms with E-state index < -0.39 is 62.1 Å². The van der Waals surface area contributed by atoms with Crippen molar-refractivity contribution in [3.63, 3.8) is 0 Å². The largest absolute Gasteiger partial charge is 0.462 e. The molecule has 6 atom stereocenters. The number of anilines is 1. The zero-order chi connectivity index (χ0) is 29.9.